The van der Waals surface area contributed by atoms with Gasteiger partial charge in [-0.1, -0.05) is 133 Å². The summed E-state index contributed by atoms with van der Waals surface area (Å²) in [5.74, 6) is -0.458. The maximum absolute atomic E-state index is 15.1. The second kappa shape index (κ2) is 18.5. The number of benzene rings is 2. The summed E-state index contributed by atoms with van der Waals surface area (Å²) in [7, 11) is 0. The summed E-state index contributed by atoms with van der Waals surface area (Å²) in [6.07, 6.45) is 20.0. The molecule has 42 heavy (non-hydrogen) atoms. The van der Waals surface area contributed by atoms with Gasteiger partial charge in [0.15, 0.2) is 0 Å². The van der Waals surface area contributed by atoms with E-state index < -0.39 is 11.6 Å². The molecule has 228 valence electrons. The fraction of sp³-hybridized carbons (Fsp3) is 0.526. The van der Waals surface area contributed by atoms with Crippen LogP contribution in [0.2, 0.25) is 0 Å². The summed E-state index contributed by atoms with van der Waals surface area (Å²) in [6.45, 7) is 5.79. The van der Waals surface area contributed by atoms with E-state index >= 15 is 4.39 Å². The summed E-state index contributed by atoms with van der Waals surface area (Å²) < 4.78 is 20.5. The molecule has 3 nitrogen and oxygen atoms in total. The van der Waals surface area contributed by atoms with Crippen LogP contribution < -0.4 is 4.74 Å². The predicted molar refractivity (Wildman–Crippen MR) is 175 cm³/mol. The average molecular weight is 574 g/mol. The number of rotatable bonds is 20. The maximum atomic E-state index is 15.1. The molecule has 0 fully saturated rings. The Hall–Kier alpha value is -3.01. The third-order valence-corrected chi connectivity index (χ3v) is 8.15. The molecule has 0 aliphatic carbocycles. The second-order valence-electron chi connectivity index (χ2n) is 12.0. The number of halogens is 1. The Kier molecular flexibility index (Phi) is 14.8. The zero-order valence-corrected chi connectivity index (χ0v) is 26.3. The van der Waals surface area contributed by atoms with Gasteiger partial charge in [-0.05, 0) is 67.5 Å². The Labute approximate surface area is 254 Å². The third kappa shape index (κ3) is 11.3. The molecular formula is C38H52FNO2. The third-order valence-electron chi connectivity index (χ3n) is 8.15. The zero-order valence-electron chi connectivity index (χ0n) is 26.3. The summed E-state index contributed by atoms with van der Waals surface area (Å²) in [6, 6.07) is 19.8. The average Bonchev–Trinajstić information content (AvgIpc) is 3.01. The van der Waals surface area contributed by atoms with E-state index in [1.165, 1.54) is 83.1 Å². The number of esters is 1. The fourth-order valence-corrected chi connectivity index (χ4v) is 5.41. The molecule has 0 N–H and O–H groups in total. The lowest BCUT2D eigenvalue weighted by atomic mass is 9.96. The smallest absolute Gasteiger partial charge is 0.348 e. The minimum absolute atomic E-state index is 0.190. The van der Waals surface area contributed by atoms with Crippen LogP contribution in [0.1, 0.15) is 123 Å². The molecule has 4 heteroatoms. The normalized spacial score (nSPS) is 12.7. The van der Waals surface area contributed by atoms with Gasteiger partial charge in [-0.3, -0.25) is 4.98 Å². The van der Waals surface area contributed by atoms with Crippen LogP contribution in [0.15, 0.2) is 66.9 Å². The maximum Gasteiger partial charge on any atom is 0.348 e. The first-order valence-electron chi connectivity index (χ1n) is 16.5. The van der Waals surface area contributed by atoms with E-state index in [0.29, 0.717) is 12.2 Å². The standard InChI is InChI=1S/C38H52FNO2/c1-4-6-8-10-12-14-16-20-31-23-28-36(40-30-31)35-22-18-17-21-34(35)32-24-26-33(27-25-32)42-37(41)38(3,39)29-19-15-13-11-9-7-5-2/h17-18,21-28,30H,4-16,19-20,29H2,1-3H3. The van der Waals surface area contributed by atoms with Gasteiger partial charge < -0.3 is 4.74 Å². The zero-order chi connectivity index (χ0) is 30.0. The Morgan fingerprint density at radius 2 is 1.29 bits per heavy atom. The van der Waals surface area contributed by atoms with Gasteiger partial charge in [-0.15, -0.1) is 0 Å². The highest BCUT2D eigenvalue weighted by atomic mass is 19.1. The van der Waals surface area contributed by atoms with E-state index in [9.17, 15) is 4.79 Å². The van der Waals surface area contributed by atoms with E-state index in [-0.39, 0.29) is 6.42 Å². The molecule has 0 spiro atoms. The fourth-order valence-electron chi connectivity index (χ4n) is 5.41. The first kappa shape index (κ1) is 33.5. The highest BCUT2D eigenvalue weighted by Gasteiger charge is 2.34. The summed E-state index contributed by atoms with van der Waals surface area (Å²) in [5, 5.41) is 0. The second-order valence-corrected chi connectivity index (χ2v) is 12.0. The number of carbonyl (C=O) groups excluding carboxylic acids is 1. The van der Waals surface area contributed by atoms with Crippen molar-refractivity contribution in [1.82, 2.24) is 4.98 Å². The van der Waals surface area contributed by atoms with E-state index in [1.807, 2.05) is 30.5 Å². The number of nitrogens with zero attached hydrogens (tertiary/aromatic N) is 1. The molecule has 3 rings (SSSR count). The van der Waals surface area contributed by atoms with Gasteiger partial charge in [0, 0.05) is 11.8 Å². The van der Waals surface area contributed by atoms with Gasteiger partial charge >= 0.3 is 5.97 Å². The van der Waals surface area contributed by atoms with Crippen LogP contribution in [0.3, 0.4) is 0 Å². The van der Waals surface area contributed by atoms with Crippen molar-refractivity contribution in [3.05, 3.63) is 72.4 Å². The molecule has 1 heterocycles. The number of hydrogen-bond acceptors (Lipinski definition) is 3. The van der Waals surface area contributed by atoms with Crippen molar-refractivity contribution in [2.45, 2.75) is 129 Å². The van der Waals surface area contributed by atoms with Crippen molar-refractivity contribution in [3.63, 3.8) is 0 Å². The number of unbranched alkanes of at least 4 members (excludes halogenated alkanes) is 12. The lowest BCUT2D eigenvalue weighted by molar-refractivity contribution is -0.147. The van der Waals surface area contributed by atoms with Gasteiger partial charge in [0.25, 0.3) is 0 Å². The summed E-state index contributed by atoms with van der Waals surface area (Å²) >= 11 is 0. The number of pyridine rings is 1. The van der Waals surface area contributed by atoms with Crippen molar-refractivity contribution in [3.8, 4) is 28.1 Å². The molecule has 2 aromatic carbocycles. The number of hydrogen-bond donors (Lipinski definition) is 0. The topological polar surface area (TPSA) is 39.2 Å². The number of ether oxygens (including phenoxy) is 1. The van der Waals surface area contributed by atoms with Crippen molar-refractivity contribution in [2.75, 3.05) is 0 Å². The number of alkyl halides is 1. The molecule has 0 aliphatic heterocycles. The SMILES string of the molecule is CCCCCCCCCc1ccc(-c2ccccc2-c2ccc(OC(=O)C(C)(F)CCCCCCCCC)cc2)nc1. The van der Waals surface area contributed by atoms with Gasteiger partial charge in [0.2, 0.25) is 5.67 Å². The van der Waals surface area contributed by atoms with Crippen LogP contribution >= 0.6 is 0 Å². The highest BCUT2D eigenvalue weighted by Crippen LogP contribution is 2.32. The molecule has 0 saturated carbocycles. The Morgan fingerprint density at radius 1 is 0.714 bits per heavy atom. The van der Waals surface area contributed by atoms with Crippen molar-refractivity contribution < 1.29 is 13.9 Å². The van der Waals surface area contributed by atoms with Crippen LogP contribution in [-0.2, 0) is 11.2 Å². The molecule has 1 aromatic heterocycles. The molecule has 0 radical (unpaired) electrons. The minimum atomic E-state index is -1.98. The highest BCUT2D eigenvalue weighted by molar-refractivity contribution is 5.83. The van der Waals surface area contributed by atoms with Crippen LogP contribution in [0.4, 0.5) is 4.39 Å². The predicted octanol–water partition coefficient (Wildman–Crippen LogP) is 11.5. The Morgan fingerprint density at radius 3 is 1.88 bits per heavy atom. The van der Waals surface area contributed by atoms with Crippen molar-refractivity contribution in [1.29, 1.82) is 0 Å². The Balaban J connectivity index is 1.53. The van der Waals surface area contributed by atoms with Crippen molar-refractivity contribution >= 4 is 5.97 Å². The summed E-state index contributed by atoms with van der Waals surface area (Å²) in [5.41, 5.74) is 3.32. The molecule has 0 bridgehead atoms. The first-order valence-corrected chi connectivity index (χ1v) is 16.5. The van der Waals surface area contributed by atoms with Gasteiger partial charge in [0.1, 0.15) is 5.75 Å². The molecule has 0 amide bonds. The quantitative estimate of drug-likeness (QED) is 0.0766. The monoisotopic (exact) mass is 573 g/mol. The molecule has 0 aliphatic rings. The number of aryl methyl sites for hydroxylation is 1. The van der Waals surface area contributed by atoms with E-state index in [1.54, 1.807) is 12.1 Å². The lowest BCUT2D eigenvalue weighted by Gasteiger charge is -2.18. The largest absolute Gasteiger partial charge is 0.424 e. The first-order chi connectivity index (χ1) is 20.4. The lowest BCUT2D eigenvalue weighted by Crippen LogP contribution is -2.34. The Bertz CT molecular complexity index is 1170. The van der Waals surface area contributed by atoms with Gasteiger partial charge in [-0.2, -0.15) is 0 Å². The van der Waals surface area contributed by atoms with Crippen LogP contribution in [0, 0.1) is 0 Å². The van der Waals surface area contributed by atoms with Crippen LogP contribution in [0.5, 0.6) is 5.75 Å². The summed E-state index contributed by atoms with van der Waals surface area (Å²) in [4.78, 5) is 17.4. The van der Waals surface area contributed by atoms with E-state index in [4.69, 9.17) is 9.72 Å². The molecule has 1 atom stereocenters. The van der Waals surface area contributed by atoms with Crippen LogP contribution in [0.25, 0.3) is 22.4 Å². The molecule has 0 saturated heterocycles. The molecule has 3 aromatic rings. The minimum Gasteiger partial charge on any atom is -0.424 e. The number of carbonyl (C=O) groups is 1. The van der Waals surface area contributed by atoms with Crippen LogP contribution in [-0.4, -0.2) is 16.6 Å². The van der Waals surface area contributed by atoms with Gasteiger partial charge in [0.05, 0.1) is 5.69 Å². The van der Waals surface area contributed by atoms with E-state index in [2.05, 4.69) is 38.1 Å². The molecule has 1 unspecified atom stereocenters. The number of aromatic nitrogens is 1. The van der Waals surface area contributed by atoms with Gasteiger partial charge in [-0.25, -0.2) is 9.18 Å². The van der Waals surface area contributed by atoms with Crippen molar-refractivity contribution in [2.24, 2.45) is 0 Å². The molecular weight excluding hydrogens is 521 g/mol. The van der Waals surface area contributed by atoms with E-state index in [0.717, 1.165) is 41.6 Å².